The largest absolute Gasteiger partial charge is 0.338 e. The fourth-order valence-electron chi connectivity index (χ4n) is 3.77. The number of aliphatic imine (C=N–C) groups is 1. The van der Waals surface area contributed by atoms with Crippen LogP contribution in [0.15, 0.2) is 34.2 Å². The lowest BCUT2D eigenvalue weighted by molar-refractivity contribution is -0.122. The molecule has 0 atom stereocenters. The number of fused-ring (bicyclic) bond motifs is 1. The molecule has 1 amide bonds. The first-order valence-corrected chi connectivity index (χ1v) is 11.3. The zero-order chi connectivity index (χ0) is 20.0. The maximum absolute atomic E-state index is 12.2. The van der Waals surface area contributed by atoms with E-state index in [1.165, 1.54) is 0 Å². The highest BCUT2D eigenvalue weighted by Gasteiger charge is 2.33. The number of carbonyl (C=O) groups excluding carboxylic acids is 1. The molecule has 1 aliphatic carbocycles. The third kappa shape index (κ3) is 4.71. The topological polar surface area (TPSA) is 111 Å². The molecule has 1 fully saturated rings. The Balaban J connectivity index is 1.40. The van der Waals surface area contributed by atoms with E-state index in [4.69, 9.17) is 0 Å². The molecule has 0 radical (unpaired) electrons. The Hall–Kier alpha value is -2.40. The van der Waals surface area contributed by atoms with Crippen molar-refractivity contribution in [3.05, 3.63) is 29.8 Å². The molecule has 150 valence electrons. The summed E-state index contributed by atoms with van der Waals surface area (Å²) in [6.07, 6.45) is 7.29. The van der Waals surface area contributed by atoms with Gasteiger partial charge in [0.25, 0.3) is 10.0 Å². The van der Waals surface area contributed by atoms with Crippen LogP contribution in [-0.2, 0) is 14.8 Å². The molecule has 1 heterocycles. The molecule has 0 bridgehead atoms. The summed E-state index contributed by atoms with van der Waals surface area (Å²) in [5.41, 5.74) is -0.0647. The van der Waals surface area contributed by atoms with E-state index in [-0.39, 0.29) is 10.8 Å². The predicted molar refractivity (Wildman–Crippen MR) is 106 cm³/mol. The quantitative estimate of drug-likeness (QED) is 0.683. The minimum Gasteiger partial charge on any atom is -0.338 e. The summed E-state index contributed by atoms with van der Waals surface area (Å²) >= 11 is 0. The Kier molecular flexibility index (Phi) is 6.35. The van der Waals surface area contributed by atoms with Crippen molar-refractivity contribution in [3.8, 4) is 6.07 Å². The van der Waals surface area contributed by atoms with Gasteiger partial charge in [0, 0.05) is 18.5 Å². The van der Waals surface area contributed by atoms with Crippen LogP contribution in [0.2, 0.25) is 0 Å². The molecule has 1 saturated carbocycles. The summed E-state index contributed by atoms with van der Waals surface area (Å²) in [7, 11) is -3.50. The second-order valence-electron chi connectivity index (χ2n) is 7.45. The van der Waals surface area contributed by atoms with Crippen molar-refractivity contribution < 1.29 is 13.2 Å². The Morgan fingerprint density at radius 2 is 1.93 bits per heavy atom. The van der Waals surface area contributed by atoms with Crippen molar-refractivity contribution in [2.45, 2.75) is 68.2 Å². The maximum Gasteiger partial charge on any atom is 0.263 e. The SMILES string of the molecule is N#CC1(NC(=O)CCCCCN=C2NS(=O)(=O)c3ccccc32)CCCCC1. The summed E-state index contributed by atoms with van der Waals surface area (Å²) in [5, 5.41) is 12.3. The number of unbranched alkanes of at least 4 members (excludes halogenated alkanes) is 2. The van der Waals surface area contributed by atoms with Crippen LogP contribution >= 0.6 is 0 Å². The third-order valence-electron chi connectivity index (χ3n) is 5.29. The Bertz CT molecular complexity index is 896. The van der Waals surface area contributed by atoms with Crippen molar-refractivity contribution >= 4 is 21.8 Å². The van der Waals surface area contributed by atoms with Crippen molar-refractivity contribution in [3.63, 3.8) is 0 Å². The van der Waals surface area contributed by atoms with Crippen LogP contribution in [0.1, 0.15) is 63.4 Å². The molecule has 0 saturated heterocycles. The van der Waals surface area contributed by atoms with Gasteiger partial charge in [0.1, 0.15) is 11.4 Å². The van der Waals surface area contributed by atoms with Gasteiger partial charge in [-0.25, -0.2) is 8.42 Å². The highest BCUT2D eigenvalue weighted by molar-refractivity contribution is 7.90. The summed E-state index contributed by atoms with van der Waals surface area (Å²) in [6, 6.07) is 9.09. The number of nitriles is 1. The number of benzene rings is 1. The standard InChI is InChI=1S/C20H26N4O3S/c21-15-20(12-6-2-7-13-20)23-18(25)11-3-1-8-14-22-19-16-9-4-5-10-17(16)28(26,27)24-19/h4-5,9-10H,1-3,6-8,11-14H2,(H,22,24)(H,23,25). The first kappa shape index (κ1) is 20.3. The van der Waals surface area contributed by atoms with Gasteiger partial charge in [-0.2, -0.15) is 5.26 Å². The number of amides is 1. The average Bonchev–Trinajstić information content (AvgIpc) is 2.96. The molecular weight excluding hydrogens is 376 g/mol. The molecule has 2 N–H and O–H groups in total. The molecule has 0 spiro atoms. The molecule has 1 aromatic rings. The van der Waals surface area contributed by atoms with Crippen molar-refractivity contribution in [1.29, 1.82) is 5.26 Å². The van der Waals surface area contributed by atoms with Crippen LogP contribution in [0.25, 0.3) is 0 Å². The number of sulfonamides is 1. The number of rotatable bonds is 7. The molecule has 0 unspecified atom stereocenters. The second-order valence-corrected chi connectivity index (χ2v) is 9.10. The van der Waals surface area contributed by atoms with Gasteiger partial charge in [-0.3, -0.25) is 14.5 Å². The van der Waals surface area contributed by atoms with Crippen LogP contribution in [0.5, 0.6) is 0 Å². The zero-order valence-electron chi connectivity index (χ0n) is 15.9. The highest BCUT2D eigenvalue weighted by Crippen LogP contribution is 2.27. The molecule has 28 heavy (non-hydrogen) atoms. The van der Waals surface area contributed by atoms with Crippen LogP contribution in [-0.4, -0.2) is 32.2 Å². The van der Waals surface area contributed by atoms with Crippen LogP contribution < -0.4 is 10.0 Å². The first-order chi connectivity index (χ1) is 13.5. The lowest BCUT2D eigenvalue weighted by Crippen LogP contribution is -2.48. The van der Waals surface area contributed by atoms with Gasteiger partial charge in [0.15, 0.2) is 0 Å². The molecule has 0 aromatic heterocycles. The van der Waals surface area contributed by atoms with Gasteiger partial charge in [-0.15, -0.1) is 0 Å². The number of hydrogen-bond acceptors (Lipinski definition) is 5. The molecule has 1 aliphatic heterocycles. The fourth-order valence-corrected chi connectivity index (χ4v) is 5.02. The number of hydrogen-bond donors (Lipinski definition) is 2. The number of nitrogens with zero attached hydrogens (tertiary/aromatic N) is 2. The van der Waals surface area contributed by atoms with E-state index < -0.39 is 15.6 Å². The van der Waals surface area contributed by atoms with Crippen molar-refractivity contribution in [1.82, 2.24) is 10.0 Å². The molecule has 1 aromatic carbocycles. The van der Waals surface area contributed by atoms with Crippen molar-refractivity contribution in [2.75, 3.05) is 6.54 Å². The smallest absolute Gasteiger partial charge is 0.263 e. The van der Waals surface area contributed by atoms with Gasteiger partial charge in [-0.05, 0) is 37.8 Å². The zero-order valence-corrected chi connectivity index (χ0v) is 16.7. The van der Waals surface area contributed by atoms with Gasteiger partial charge < -0.3 is 5.32 Å². The average molecular weight is 403 g/mol. The number of carbonyl (C=O) groups is 1. The maximum atomic E-state index is 12.2. The lowest BCUT2D eigenvalue weighted by atomic mass is 9.83. The Labute approximate surface area is 166 Å². The van der Waals surface area contributed by atoms with Crippen LogP contribution in [0, 0.1) is 11.3 Å². The van der Waals surface area contributed by atoms with Crippen LogP contribution in [0.4, 0.5) is 0 Å². The predicted octanol–water partition coefficient (Wildman–Crippen LogP) is 2.63. The van der Waals surface area contributed by atoms with E-state index >= 15 is 0 Å². The summed E-state index contributed by atoms with van der Waals surface area (Å²) in [5.74, 6) is 0.328. The van der Waals surface area contributed by atoms with E-state index in [1.54, 1.807) is 24.3 Å². The molecule has 7 nitrogen and oxygen atoms in total. The van der Waals surface area contributed by atoms with E-state index in [2.05, 4.69) is 21.1 Å². The molecule has 3 rings (SSSR count). The lowest BCUT2D eigenvalue weighted by Gasteiger charge is -2.31. The second kappa shape index (κ2) is 8.74. The number of nitrogens with one attached hydrogen (secondary N) is 2. The van der Waals surface area contributed by atoms with Gasteiger partial charge in [0.2, 0.25) is 5.91 Å². The summed E-state index contributed by atoms with van der Waals surface area (Å²) in [4.78, 5) is 16.8. The number of amidine groups is 1. The molecule has 8 heteroatoms. The van der Waals surface area contributed by atoms with E-state index in [9.17, 15) is 18.5 Å². The highest BCUT2D eigenvalue weighted by atomic mass is 32.2. The van der Waals surface area contributed by atoms with Gasteiger partial charge >= 0.3 is 0 Å². The minimum atomic E-state index is -3.50. The van der Waals surface area contributed by atoms with Crippen LogP contribution in [0.3, 0.4) is 0 Å². The monoisotopic (exact) mass is 402 g/mol. The Morgan fingerprint density at radius 3 is 2.68 bits per heavy atom. The Morgan fingerprint density at radius 1 is 1.18 bits per heavy atom. The normalized spacial score (nSPS) is 20.8. The van der Waals surface area contributed by atoms with Gasteiger partial charge in [0.05, 0.1) is 11.0 Å². The minimum absolute atomic E-state index is 0.0627. The summed E-state index contributed by atoms with van der Waals surface area (Å²) < 4.78 is 26.5. The van der Waals surface area contributed by atoms with E-state index in [0.29, 0.717) is 24.4 Å². The summed E-state index contributed by atoms with van der Waals surface area (Å²) in [6.45, 7) is 0.496. The molecule has 2 aliphatic rings. The van der Waals surface area contributed by atoms with E-state index in [0.717, 1.165) is 51.4 Å². The third-order valence-corrected chi connectivity index (χ3v) is 6.69. The van der Waals surface area contributed by atoms with Gasteiger partial charge in [-0.1, -0.05) is 37.8 Å². The van der Waals surface area contributed by atoms with Crippen molar-refractivity contribution in [2.24, 2.45) is 4.99 Å². The fraction of sp³-hybridized carbons (Fsp3) is 0.550. The molecular formula is C20H26N4O3S. The first-order valence-electron chi connectivity index (χ1n) is 9.85. The van der Waals surface area contributed by atoms with E-state index in [1.807, 2.05) is 0 Å².